The SMILES string of the molecule is CC(=S)OCCOC(=O)O. The third-order valence-corrected chi connectivity index (χ3v) is 0.732. The molecule has 0 rings (SSSR count). The normalized spacial score (nSPS) is 8.50. The topological polar surface area (TPSA) is 55.8 Å². The number of ether oxygens (including phenoxy) is 2. The number of hydrogen-bond acceptors (Lipinski definition) is 4. The number of carboxylic acid groups (broad SMARTS) is 1. The van der Waals surface area contributed by atoms with E-state index in [1.54, 1.807) is 6.92 Å². The molecule has 10 heavy (non-hydrogen) atoms. The van der Waals surface area contributed by atoms with E-state index in [2.05, 4.69) is 17.0 Å². The third kappa shape index (κ3) is 7.16. The van der Waals surface area contributed by atoms with Gasteiger partial charge in [-0.05, 0) is 12.2 Å². The maximum absolute atomic E-state index is 9.73. The van der Waals surface area contributed by atoms with Gasteiger partial charge in [-0.3, -0.25) is 0 Å². The summed E-state index contributed by atoms with van der Waals surface area (Å²) in [7, 11) is 0. The molecule has 0 bridgehead atoms. The van der Waals surface area contributed by atoms with Crippen LogP contribution in [0.2, 0.25) is 0 Å². The Labute approximate surface area is 63.7 Å². The molecule has 0 unspecified atom stereocenters. The molecular formula is C5H8O4S. The summed E-state index contributed by atoms with van der Waals surface area (Å²) in [4.78, 5) is 9.73. The molecule has 0 aromatic rings. The van der Waals surface area contributed by atoms with Crippen LogP contribution in [0.3, 0.4) is 0 Å². The molecule has 0 saturated carbocycles. The van der Waals surface area contributed by atoms with Gasteiger partial charge >= 0.3 is 6.16 Å². The fraction of sp³-hybridized carbons (Fsp3) is 0.600. The van der Waals surface area contributed by atoms with Crippen LogP contribution in [0.25, 0.3) is 0 Å². The molecule has 0 fully saturated rings. The maximum atomic E-state index is 9.73. The van der Waals surface area contributed by atoms with E-state index in [0.717, 1.165) is 0 Å². The summed E-state index contributed by atoms with van der Waals surface area (Å²) >= 11 is 4.55. The fourth-order valence-corrected chi connectivity index (χ4v) is 0.398. The lowest BCUT2D eigenvalue weighted by Crippen LogP contribution is -2.09. The van der Waals surface area contributed by atoms with Crippen molar-refractivity contribution in [3.8, 4) is 0 Å². The van der Waals surface area contributed by atoms with E-state index in [1.807, 2.05) is 0 Å². The summed E-state index contributed by atoms with van der Waals surface area (Å²) in [6.45, 7) is 1.81. The Bertz CT molecular complexity index is 118. The minimum Gasteiger partial charge on any atom is -0.484 e. The van der Waals surface area contributed by atoms with Crippen molar-refractivity contribution in [2.24, 2.45) is 0 Å². The highest BCUT2D eigenvalue weighted by atomic mass is 32.1. The summed E-state index contributed by atoms with van der Waals surface area (Å²) in [5, 5.41) is 8.35. The van der Waals surface area contributed by atoms with Crippen molar-refractivity contribution in [2.45, 2.75) is 6.92 Å². The van der Waals surface area contributed by atoms with E-state index in [1.165, 1.54) is 0 Å². The number of rotatable bonds is 3. The van der Waals surface area contributed by atoms with Gasteiger partial charge in [0.05, 0.1) is 0 Å². The van der Waals surface area contributed by atoms with E-state index in [9.17, 15) is 4.79 Å². The predicted octanol–water partition coefficient (Wildman–Crippen LogP) is 1.04. The van der Waals surface area contributed by atoms with Crippen molar-refractivity contribution in [1.82, 2.24) is 0 Å². The summed E-state index contributed by atoms with van der Waals surface area (Å²) in [6, 6.07) is 0. The smallest absolute Gasteiger partial charge is 0.484 e. The molecule has 5 heteroatoms. The minimum atomic E-state index is -1.30. The largest absolute Gasteiger partial charge is 0.505 e. The van der Waals surface area contributed by atoms with Crippen molar-refractivity contribution in [1.29, 1.82) is 0 Å². The summed E-state index contributed by atoms with van der Waals surface area (Å²) in [5.41, 5.74) is 0. The quantitative estimate of drug-likeness (QED) is 0.384. The zero-order valence-electron chi connectivity index (χ0n) is 5.49. The summed E-state index contributed by atoms with van der Waals surface area (Å²) in [6.07, 6.45) is -1.30. The number of hydrogen-bond donors (Lipinski definition) is 1. The van der Waals surface area contributed by atoms with Crippen LogP contribution in [0.5, 0.6) is 0 Å². The highest BCUT2D eigenvalue weighted by molar-refractivity contribution is 7.80. The van der Waals surface area contributed by atoms with Crippen molar-refractivity contribution < 1.29 is 19.4 Å². The predicted molar refractivity (Wildman–Crippen MR) is 38.2 cm³/mol. The van der Waals surface area contributed by atoms with Gasteiger partial charge in [0.2, 0.25) is 0 Å². The second kappa shape index (κ2) is 4.99. The van der Waals surface area contributed by atoms with Gasteiger partial charge in [0.1, 0.15) is 13.2 Å². The Balaban J connectivity index is 3.06. The molecule has 0 amide bonds. The summed E-state index contributed by atoms with van der Waals surface area (Å²) in [5.74, 6) is 0. The van der Waals surface area contributed by atoms with Crippen molar-refractivity contribution in [2.75, 3.05) is 13.2 Å². The van der Waals surface area contributed by atoms with Crippen molar-refractivity contribution in [3.05, 3.63) is 0 Å². The van der Waals surface area contributed by atoms with E-state index in [-0.39, 0.29) is 13.2 Å². The molecule has 4 nitrogen and oxygen atoms in total. The molecule has 0 aromatic carbocycles. The first-order valence-corrected chi connectivity index (χ1v) is 3.03. The van der Waals surface area contributed by atoms with Gasteiger partial charge in [-0.2, -0.15) is 0 Å². The van der Waals surface area contributed by atoms with E-state index in [0.29, 0.717) is 5.05 Å². The molecule has 0 aromatic heterocycles. The average molecular weight is 164 g/mol. The van der Waals surface area contributed by atoms with Gasteiger partial charge in [0.15, 0.2) is 5.05 Å². The lowest BCUT2D eigenvalue weighted by Gasteiger charge is -2.01. The molecular weight excluding hydrogens is 156 g/mol. The molecule has 58 valence electrons. The lowest BCUT2D eigenvalue weighted by atomic mass is 10.7. The highest BCUT2D eigenvalue weighted by Crippen LogP contribution is 1.81. The Hall–Kier alpha value is -0.840. The zero-order chi connectivity index (χ0) is 7.98. The molecule has 0 aliphatic rings. The van der Waals surface area contributed by atoms with Gasteiger partial charge in [0, 0.05) is 6.92 Å². The van der Waals surface area contributed by atoms with Gasteiger partial charge in [-0.25, -0.2) is 4.79 Å². The molecule has 0 saturated heterocycles. The maximum Gasteiger partial charge on any atom is 0.505 e. The van der Waals surface area contributed by atoms with Crippen LogP contribution in [0.15, 0.2) is 0 Å². The van der Waals surface area contributed by atoms with Crippen molar-refractivity contribution >= 4 is 23.4 Å². The summed E-state index contributed by atoms with van der Waals surface area (Å²) < 4.78 is 8.86. The molecule has 1 N–H and O–H groups in total. The molecule has 0 spiro atoms. The second-order valence-corrected chi connectivity index (χ2v) is 2.03. The minimum absolute atomic E-state index is 0.0172. The van der Waals surface area contributed by atoms with Crippen LogP contribution in [0, 0.1) is 0 Å². The van der Waals surface area contributed by atoms with Crippen LogP contribution in [0.1, 0.15) is 6.92 Å². The Kier molecular flexibility index (Phi) is 4.57. The van der Waals surface area contributed by atoms with Crippen LogP contribution < -0.4 is 0 Å². The standard InChI is InChI=1S/C5H8O4S/c1-4(10)8-2-3-9-5(6)7/h2-3H2,1H3,(H,6,7). The van der Waals surface area contributed by atoms with Crippen LogP contribution >= 0.6 is 12.2 Å². The lowest BCUT2D eigenvalue weighted by molar-refractivity contribution is 0.0768. The monoisotopic (exact) mass is 164 g/mol. The number of thiocarbonyl (C=S) groups is 1. The highest BCUT2D eigenvalue weighted by Gasteiger charge is 1.94. The Morgan fingerprint density at radius 3 is 2.40 bits per heavy atom. The number of carbonyl (C=O) groups is 1. The third-order valence-electron chi connectivity index (χ3n) is 0.614. The van der Waals surface area contributed by atoms with Crippen LogP contribution in [-0.4, -0.2) is 29.5 Å². The van der Waals surface area contributed by atoms with Gasteiger partial charge in [0.25, 0.3) is 0 Å². The first-order valence-electron chi connectivity index (χ1n) is 2.62. The molecule has 0 heterocycles. The Morgan fingerprint density at radius 2 is 2.00 bits per heavy atom. The van der Waals surface area contributed by atoms with E-state index in [4.69, 9.17) is 9.84 Å². The van der Waals surface area contributed by atoms with Gasteiger partial charge < -0.3 is 14.6 Å². The van der Waals surface area contributed by atoms with Gasteiger partial charge in [-0.15, -0.1) is 0 Å². The molecule has 0 atom stereocenters. The van der Waals surface area contributed by atoms with Crippen LogP contribution in [0.4, 0.5) is 4.79 Å². The fourth-order valence-electron chi connectivity index (χ4n) is 0.314. The first kappa shape index (κ1) is 9.16. The zero-order valence-corrected chi connectivity index (χ0v) is 6.31. The average Bonchev–Trinajstić information content (AvgIpc) is 1.79. The first-order chi connectivity index (χ1) is 4.63. The molecule has 0 aliphatic carbocycles. The van der Waals surface area contributed by atoms with Crippen molar-refractivity contribution in [3.63, 3.8) is 0 Å². The molecule has 0 radical (unpaired) electrons. The van der Waals surface area contributed by atoms with E-state index < -0.39 is 6.16 Å². The Morgan fingerprint density at radius 1 is 1.50 bits per heavy atom. The van der Waals surface area contributed by atoms with Crippen LogP contribution in [-0.2, 0) is 9.47 Å². The molecule has 0 aliphatic heterocycles. The van der Waals surface area contributed by atoms with E-state index >= 15 is 0 Å². The van der Waals surface area contributed by atoms with Gasteiger partial charge in [-0.1, -0.05) is 0 Å². The second-order valence-electron chi connectivity index (χ2n) is 1.45.